The first-order valence-corrected chi connectivity index (χ1v) is 44.2. The largest absolute Gasteiger partial charge is 0.457 e. The van der Waals surface area contributed by atoms with E-state index < -0.39 is 48.8 Å². The van der Waals surface area contributed by atoms with E-state index in [0.717, 1.165) is 73.0 Å². The molecule has 130 heavy (non-hydrogen) atoms. The molecule has 8 atom stereocenters. The van der Waals surface area contributed by atoms with Crippen molar-refractivity contribution in [3.63, 3.8) is 0 Å². The first kappa shape index (κ1) is 76.4. The van der Waals surface area contributed by atoms with Gasteiger partial charge in [-0.15, -0.1) is 0 Å². The van der Waals surface area contributed by atoms with Crippen LogP contribution in [0.15, 0.2) is 334 Å². The van der Waals surface area contributed by atoms with Crippen LogP contribution in [0.2, 0.25) is 0 Å². The standard InChI is InChI=1S/C113H80O17/c114-64-99-100-47-72-48-101(99)122-80-32-16-30-78(52-80)120-86-46-71-44-84(55-86)118-76-28-14-26-74(50-76)116-82-42-69-41-81(53-82)115-73-25-13-27-75(49-73)117-83-43-70(45-85(54-83)119-77-29-15-31-79(51-77)121-100)111-125-104-60-102-91-56-93(104)88(38-34-66-19-7-2-8-20-66)95-58-97-90(40-36-68-23-11-4-12-24-68)98-59-96-89(39-35-67-21-9-3-10-22-67)94-57-92(87(91)37-33-65-17-5-1-6-18-65)103(124-110(69)123-102)61-105(94)126-112(71)128-107(96)63-109(98)130-113(72)129-108(97)62-106(95)127-111/h1-32,41-64,87-90,110-113H,33-40H2/t87?,88-,89+,90?,110?,111-,112+,113?. The zero-order valence-electron chi connectivity index (χ0n) is 70.0. The highest BCUT2D eigenvalue weighted by atomic mass is 16.7. The summed E-state index contributed by atoms with van der Waals surface area (Å²) in [5.41, 5.74) is 13.4. The van der Waals surface area contributed by atoms with Crippen LogP contribution in [0.5, 0.6) is 138 Å². The van der Waals surface area contributed by atoms with Gasteiger partial charge in [0, 0.05) is 157 Å². The monoisotopic (exact) mass is 1710 g/mol. The molecular weight excluding hydrogens is 1630 g/mol. The van der Waals surface area contributed by atoms with E-state index in [1.807, 2.05) is 140 Å². The van der Waals surface area contributed by atoms with Crippen LogP contribution in [0.3, 0.4) is 0 Å². The summed E-state index contributed by atoms with van der Waals surface area (Å²) in [5.74, 6) is 7.01. The molecule has 4 unspecified atom stereocenters. The lowest BCUT2D eigenvalue weighted by Crippen LogP contribution is -2.26. The molecule has 17 heteroatoms. The Balaban J connectivity index is 0.870. The van der Waals surface area contributed by atoms with E-state index >= 15 is 0 Å². The van der Waals surface area contributed by atoms with Gasteiger partial charge >= 0.3 is 0 Å². The highest BCUT2D eigenvalue weighted by Crippen LogP contribution is 2.60. The highest BCUT2D eigenvalue weighted by molar-refractivity contribution is 5.85. The van der Waals surface area contributed by atoms with E-state index in [9.17, 15) is 4.79 Å². The van der Waals surface area contributed by atoms with Gasteiger partial charge in [0.1, 0.15) is 138 Å². The van der Waals surface area contributed by atoms with E-state index in [0.29, 0.717) is 200 Å². The quantitative estimate of drug-likeness (QED) is 0.100. The van der Waals surface area contributed by atoms with Crippen LogP contribution in [0.25, 0.3) is 0 Å². The third-order valence-electron chi connectivity index (χ3n) is 25.8. The normalized spacial score (nSPS) is 18.5. The van der Waals surface area contributed by atoms with Crippen LogP contribution < -0.4 is 75.8 Å². The van der Waals surface area contributed by atoms with Gasteiger partial charge in [-0.2, -0.15) is 0 Å². The van der Waals surface area contributed by atoms with Gasteiger partial charge in [-0.05, 0) is 195 Å². The lowest BCUT2D eigenvalue weighted by Gasteiger charge is -2.38. The predicted molar refractivity (Wildman–Crippen MR) is 486 cm³/mol. The van der Waals surface area contributed by atoms with Crippen molar-refractivity contribution in [1.29, 1.82) is 0 Å². The fraction of sp³-hybridized carbons (Fsp3) is 0.142. The number of aldehydes is 1. The lowest BCUT2D eigenvalue weighted by atomic mass is 9.75. The Hall–Kier alpha value is -16.0. The summed E-state index contributed by atoms with van der Waals surface area (Å²) in [5, 5.41) is 0. The maximum atomic E-state index is 14.5. The van der Waals surface area contributed by atoms with Crippen LogP contribution in [-0.4, -0.2) is 6.29 Å². The molecule has 16 aromatic carbocycles. The Morgan fingerprint density at radius 3 is 0.600 bits per heavy atom. The summed E-state index contributed by atoms with van der Waals surface area (Å²) in [7, 11) is 0. The van der Waals surface area contributed by atoms with E-state index in [-0.39, 0.29) is 17.1 Å². The van der Waals surface area contributed by atoms with Crippen LogP contribution in [0.1, 0.15) is 174 Å². The molecule has 634 valence electrons. The van der Waals surface area contributed by atoms with Crippen molar-refractivity contribution < 1.29 is 80.6 Å². The minimum Gasteiger partial charge on any atom is -0.457 e. The zero-order valence-corrected chi connectivity index (χ0v) is 70.0. The molecule has 0 saturated heterocycles. The number of benzene rings is 16. The molecule has 0 radical (unpaired) electrons. The van der Waals surface area contributed by atoms with Gasteiger partial charge in [-0.1, -0.05) is 146 Å². The number of hydrogen-bond acceptors (Lipinski definition) is 17. The number of carbonyl (C=O) groups excluding carboxylic acids is 1. The van der Waals surface area contributed by atoms with E-state index in [1.165, 1.54) is 0 Å². The van der Waals surface area contributed by atoms with E-state index in [2.05, 4.69) is 158 Å². The van der Waals surface area contributed by atoms with Gasteiger partial charge in [-0.25, -0.2) is 0 Å². The fourth-order valence-corrected chi connectivity index (χ4v) is 19.7. The predicted octanol–water partition coefficient (Wildman–Crippen LogP) is 28.3. The number of fused-ring (bicyclic) bond motifs is 16. The van der Waals surface area contributed by atoms with Crippen molar-refractivity contribution in [2.24, 2.45) is 0 Å². The van der Waals surface area contributed by atoms with Crippen molar-refractivity contribution >= 4 is 6.29 Å². The molecular formula is C113H80O17. The molecule has 1 aliphatic carbocycles. The molecule has 0 aromatic heterocycles. The fourth-order valence-electron chi connectivity index (χ4n) is 19.7. The van der Waals surface area contributed by atoms with Gasteiger partial charge in [0.15, 0.2) is 6.29 Å². The number of ether oxygens (including phenoxy) is 16. The number of rotatable bonds is 13. The molecule has 0 spiro atoms. The van der Waals surface area contributed by atoms with Crippen LogP contribution >= 0.6 is 0 Å². The lowest BCUT2D eigenvalue weighted by molar-refractivity contribution is -0.0123. The Labute approximate surface area is 748 Å². The summed E-state index contributed by atoms with van der Waals surface area (Å²) in [6.45, 7) is 0. The maximum absolute atomic E-state index is 14.5. The molecule has 0 saturated carbocycles. The van der Waals surface area contributed by atoms with Gasteiger partial charge in [0.25, 0.3) is 25.2 Å². The van der Waals surface area contributed by atoms with Gasteiger partial charge in [0.05, 0.1) is 5.56 Å². The number of carbonyl (C=O) groups is 1. The Morgan fingerprint density at radius 2 is 0.385 bits per heavy atom. The van der Waals surface area contributed by atoms with Crippen molar-refractivity contribution in [2.75, 3.05) is 0 Å². The summed E-state index contributed by atoms with van der Waals surface area (Å²) in [4.78, 5) is 14.5. The Bertz CT molecular complexity index is 6780. The molecule has 8 heterocycles. The van der Waals surface area contributed by atoms with Crippen molar-refractivity contribution in [3.05, 3.63) is 428 Å². The SMILES string of the molecule is O=Cc1c2cc3cc1Oc1cccc(c1)Oc1cc4cc(c1)[C@H]1Oc5cc6c7cc5[C@H](CCc5ccccc5)c5cc8c(cc5O1)OC3Oc1cc3c(cc1C8CCc1ccccc1)[C@H](CCc1ccccc1)c1cc(c5cc1O[C@H](O3)c1cc(cc(c1)Oc1cccc(c1)O2)Oc1cccc(c1)Oc1cc(cc(c1)C(O5)O6)Oc1cccc(c1)O4)C7CCc1ccccc1. The second-order valence-corrected chi connectivity index (χ2v) is 34.3. The van der Waals surface area contributed by atoms with Crippen LogP contribution in [0, 0.1) is 0 Å². The third-order valence-corrected chi connectivity index (χ3v) is 25.8. The Morgan fingerprint density at radius 1 is 0.185 bits per heavy atom. The summed E-state index contributed by atoms with van der Waals surface area (Å²) in [6.07, 6.45) is 0.122. The van der Waals surface area contributed by atoms with Crippen molar-refractivity contribution in [1.82, 2.24) is 0 Å². The molecule has 40 bridgehead atoms. The van der Waals surface area contributed by atoms with Crippen molar-refractivity contribution in [2.45, 2.75) is 100 Å². The summed E-state index contributed by atoms with van der Waals surface area (Å²) in [6, 6.07) is 110. The Kier molecular flexibility index (Phi) is 18.7. The molecule has 9 aliphatic rings. The summed E-state index contributed by atoms with van der Waals surface area (Å²) >= 11 is 0. The minimum absolute atomic E-state index is 0.0715. The first-order chi connectivity index (χ1) is 64.1. The van der Waals surface area contributed by atoms with Crippen molar-refractivity contribution in [3.8, 4) is 138 Å². The smallest absolute Gasteiger partial charge is 0.267 e. The van der Waals surface area contributed by atoms with E-state index in [4.69, 9.17) is 75.8 Å². The average Bonchev–Trinajstić information content (AvgIpc) is 0.724. The van der Waals surface area contributed by atoms with Crippen LogP contribution in [0.4, 0.5) is 0 Å². The molecule has 8 aliphatic heterocycles. The molecule has 17 nitrogen and oxygen atoms in total. The van der Waals surface area contributed by atoms with Gasteiger partial charge in [0.2, 0.25) is 0 Å². The third kappa shape index (κ3) is 14.7. The molecule has 25 rings (SSSR count). The first-order valence-electron chi connectivity index (χ1n) is 44.2. The molecule has 0 amide bonds. The molecule has 0 fully saturated rings. The molecule has 16 aromatic rings. The maximum Gasteiger partial charge on any atom is 0.267 e. The van der Waals surface area contributed by atoms with Gasteiger partial charge in [-0.3, -0.25) is 4.79 Å². The molecule has 0 N–H and O–H groups in total. The minimum atomic E-state index is -1.40. The second kappa shape index (κ2) is 31.8. The van der Waals surface area contributed by atoms with Gasteiger partial charge < -0.3 is 75.8 Å². The highest BCUT2D eigenvalue weighted by Gasteiger charge is 2.43. The zero-order chi connectivity index (χ0) is 85.9. The van der Waals surface area contributed by atoms with Crippen LogP contribution in [-0.2, 0) is 25.7 Å². The second-order valence-electron chi connectivity index (χ2n) is 34.3. The number of hydrogen-bond donors (Lipinski definition) is 0. The summed E-state index contributed by atoms with van der Waals surface area (Å²) < 4.78 is 121. The topological polar surface area (TPSA) is 165 Å². The number of aryl methyl sites for hydroxylation is 4. The van der Waals surface area contributed by atoms with E-state index in [1.54, 1.807) is 36.4 Å². The average molecular weight is 1710 g/mol.